The number of carbonyl (C=O) groups is 1. The van der Waals surface area contributed by atoms with Crippen LogP contribution >= 0.6 is 11.6 Å². The van der Waals surface area contributed by atoms with Gasteiger partial charge in [-0.3, -0.25) is 4.79 Å². The summed E-state index contributed by atoms with van der Waals surface area (Å²) in [6.07, 6.45) is 0. The normalized spacial score (nSPS) is 11.2. The lowest BCUT2D eigenvalue weighted by Gasteiger charge is -2.11. The molecular formula is C17H18ClFN2O5S. The number of anilines is 1. The van der Waals surface area contributed by atoms with E-state index < -0.39 is 21.7 Å². The largest absolute Gasteiger partial charge is 0.482 e. The molecule has 27 heavy (non-hydrogen) atoms. The molecule has 1 amide bonds. The molecule has 0 saturated heterocycles. The van der Waals surface area contributed by atoms with E-state index in [1.165, 1.54) is 49.6 Å². The lowest BCUT2D eigenvalue weighted by Crippen LogP contribution is -2.27. The first kappa shape index (κ1) is 21.1. The number of methoxy groups -OCH3 is 1. The molecule has 0 heterocycles. The van der Waals surface area contributed by atoms with Gasteiger partial charge in [-0.1, -0.05) is 11.6 Å². The summed E-state index contributed by atoms with van der Waals surface area (Å²) >= 11 is 6.04. The van der Waals surface area contributed by atoms with Gasteiger partial charge in [0.25, 0.3) is 5.91 Å². The molecule has 0 bridgehead atoms. The Bertz CT molecular complexity index is 891. The molecule has 7 nitrogen and oxygen atoms in total. The van der Waals surface area contributed by atoms with Crippen molar-refractivity contribution in [2.45, 2.75) is 4.90 Å². The Kier molecular flexibility index (Phi) is 7.55. The van der Waals surface area contributed by atoms with Crippen molar-refractivity contribution < 1.29 is 27.1 Å². The average Bonchev–Trinajstić information content (AvgIpc) is 2.62. The SMILES string of the molecule is COCCNS(=O)(=O)c1ccc(OCC(=O)Nc2ccc(F)cc2)c(Cl)c1. The number of sulfonamides is 1. The second-order valence-corrected chi connectivity index (χ2v) is 7.50. The Balaban J connectivity index is 1.95. The molecule has 0 spiro atoms. The second kappa shape index (κ2) is 9.65. The zero-order valence-electron chi connectivity index (χ0n) is 14.4. The first-order chi connectivity index (χ1) is 12.8. The fourth-order valence-electron chi connectivity index (χ4n) is 2.00. The average molecular weight is 417 g/mol. The summed E-state index contributed by atoms with van der Waals surface area (Å²) in [4.78, 5) is 11.8. The molecule has 0 aliphatic carbocycles. The van der Waals surface area contributed by atoms with Crippen molar-refractivity contribution in [2.75, 3.05) is 32.2 Å². The standard InChI is InChI=1S/C17H18ClFN2O5S/c1-25-9-8-20-27(23,24)14-6-7-16(15(18)10-14)26-11-17(22)21-13-4-2-12(19)3-5-13/h2-7,10,20H,8-9,11H2,1H3,(H,21,22). The number of hydrogen-bond donors (Lipinski definition) is 2. The fraction of sp³-hybridized carbons (Fsp3) is 0.235. The van der Waals surface area contributed by atoms with Gasteiger partial charge in [0.05, 0.1) is 16.5 Å². The topological polar surface area (TPSA) is 93.7 Å². The summed E-state index contributed by atoms with van der Waals surface area (Å²) in [5.74, 6) is -0.736. The quantitative estimate of drug-likeness (QED) is 0.612. The molecule has 2 N–H and O–H groups in total. The molecule has 0 aliphatic rings. The zero-order valence-corrected chi connectivity index (χ0v) is 15.9. The highest BCUT2D eigenvalue weighted by Gasteiger charge is 2.16. The minimum atomic E-state index is -3.73. The highest BCUT2D eigenvalue weighted by Crippen LogP contribution is 2.27. The van der Waals surface area contributed by atoms with E-state index in [-0.39, 0.29) is 35.4 Å². The van der Waals surface area contributed by atoms with Crippen LogP contribution in [-0.2, 0) is 19.6 Å². The van der Waals surface area contributed by atoms with Crippen LogP contribution in [0.4, 0.5) is 10.1 Å². The highest BCUT2D eigenvalue weighted by molar-refractivity contribution is 7.89. The highest BCUT2D eigenvalue weighted by atomic mass is 35.5. The van der Waals surface area contributed by atoms with Gasteiger partial charge in [-0.15, -0.1) is 0 Å². The molecule has 0 aliphatic heterocycles. The first-order valence-electron chi connectivity index (χ1n) is 7.78. The molecule has 0 aromatic heterocycles. The van der Waals surface area contributed by atoms with Crippen molar-refractivity contribution in [1.82, 2.24) is 4.72 Å². The molecule has 0 atom stereocenters. The number of amides is 1. The minimum Gasteiger partial charge on any atom is -0.482 e. The second-order valence-electron chi connectivity index (χ2n) is 5.33. The summed E-state index contributed by atoms with van der Waals surface area (Å²) in [5, 5.41) is 2.57. The van der Waals surface area contributed by atoms with Crippen LogP contribution in [0.25, 0.3) is 0 Å². The van der Waals surface area contributed by atoms with Crippen molar-refractivity contribution >= 4 is 33.2 Å². The molecule has 10 heteroatoms. The number of benzene rings is 2. The van der Waals surface area contributed by atoms with Gasteiger partial charge in [-0.2, -0.15) is 0 Å². The lowest BCUT2D eigenvalue weighted by atomic mass is 10.3. The van der Waals surface area contributed by atoms with Gasteiger partial charge in [0.15, 0.2) is 6.61 Å². The lowest BCUT2D eigenvalue weighted by molar-refractivity contribution is -0.118. The van der Waals surface area contributed by atoms with Crippen LogP contribution in [0.2, 0.25) is 5.02 Å². The van der Waals surface area contributed by atoms with E-state index in [4.69, 9.17) is 21.1 Å². The van der Waals surface area contributed by atoms with Gasteiger partial charge in [0.2, 0.25) is 10.0 Å². The van der Waals surface area contributed by atoms with Crippen molar-refractivity contribution in [2.24, 2.45) is 0 Å². The van der Waals surface area contributed by atoms with E-state index in [0.29, 0.717) is 5.69 Å². The number of nitrogens with one attached hydrogen (secondary N) is 2. The van der Waals surface area contributed by atoms with Crippen molar-refractivity contribution in [1.29, 1.82) is 0 Å². The molecular weight excluding hydrogens is 399 g/mol. The number of rotatable bonds is 9. The fourth-order valence-corrected chi connectivity index (χ4v) is 3.34. The molecule has 0 saturated carbocycles. The van der Waals surface area contributed by atoms with Crippen LogP contribution in [-0.4, -0.2) is 41.2 Å². The predicted octanol–water partition coefficient (Wildman–Crippen LogP) is 2.42. The van der Waals surface area contributed by atoms with Crippen molar-refractivity contribution in [3.63, 3.8) is 0 Å². The molecule has 0 radical (unpaired) electrons. The molecule has 0 unspecified atom stereocenters. The van der Waals surface area contributed by atoms with Crippen LogP contribution in [0.3, 0.4) is 0 Å². The smallest absolute Gasteiger partial charge is 0.262 e. The maximum absolute atomic E-state index is 12.8. The number of halogens is 2. The van der Waals surface area contributed by atoms with Crippen LogP contribution < -0.4 is 14.8 Å². The third kappa shape index (κ3) is 6.47. The Labute approximate surface area is 161 Å². The maximum atomic E-state index is 12.8. The number of carbonyl (C=O) groups excluding carboxylic acids is 1. The van der Waals surface area contributed by atoms with Gasteiger partial charge in [0, 0.05) is 19.3 Å². The van der Waals surface area contributed by atoms with Crippen LogP contribution in [0.5, 0.6) is 5.75 Å². The van der Waals surface area contributed by atoms with E-state index in [0.717, 1.165) is 0 Å². The van der Waals surface area contributed by atoms with E-state index >= 15 is 0 Å². The number of hydrogen-bond acceptors (Lipinski definition) is 5. The van der Waals surface area contributed by atoms with E-state index in [1.54, 1.807) is 0 Å². The monoisotopic (exact) mass is 416 g/mol. The van der Waals surface area contributed by atoms with Crippen LogP contribution in [0.15, 0.2) is 47.4 Å². The van der Waals surface area contributed by atoms with Gasteiger partial charge in [-0.25, -0.2) is 17.5 Å². The molecule has 2 aromatic carbocycles. The van der Waals surface area contributed by atoms with E-state index in [1.807, 2.05) is 0 Å². The summed E-state index contributed by atoms with van der Waals surface area (Å²) in [5.41, 5.74) is 0.416. The Morgan fingerprint density at radius 1 is 1.19 bits per heavy atom. The maximum Gasteiger partial charge on any atom is 0.262 e. The summed E-state index contributed by atoms with van der Waals surface area (Å²) in [6, 6.07) is 9.16. The Morgan fingerprint density at radius 3 is 2.52 bits per heavy atom. The van der Waals surface area contributed by atoms with E-state index in [9.17, 15) is 17.6 Å². The summed E-state index contributed by atoms with van der Waals surface area (Å²) in [7, 11) is -2.27. The summed E-state index contributed by atoms with van der Waals surface area (Å²) < 4.78 is 49.5. The molecule has 0 fully saturated rings. The predicted molar refractivity (Wildman–Crippen MR) is 99.0 cm³/mol. The molecule has 2 rings (SSSR count). The first-order valence-corrected chi connectivity index (χ1v) is 9.64. The molecule has 2 aromatic rings. The third-order valence-corrected chi connectivity index (χ3v) is 5.05. The van der Waals surface area contributed by atoms with Gasteiger partial charge in [0.1, 0.15) is 11.6 Å². The summed E-state index contributed by atoms with van der Waals surface area (Å²) in [6.45, 7) is 0.00483. The third-order valence-electron chi connectivity index (χ3n) is 3.30. The van der Waals surface area contributed by atoms with Gasteiger partial charge in [-0.05, 0) is 42.5 Å². The van der Waals surface area contributed by atoms with Gasteiger partial charge >= 0.3 is 0 Å². The van der Waals surface area contributed by atoms with Crippen LogP contribution in [0.1, 0.15) is 0 Å². The van der Waals surface area contributed by atoms with Crippen molar-refractivity contribution in [3.05, 3.63) is 53.3 Å². The molecule has 146 valence electrons. The zero-order chi connectivity index (χ0) is 19.9. The Morgan fingerprint density at radius 2 is 1.89 bits per heavy atom. The number of ether oxygens (including phenoxy) is 2. The Hall–Kier alpha value is -2.20. The van der Waals surface area contributed by atoms with Gasteiger partial charge < -0.3 is 14.8 Å². The van der Waals surface area contributed by atoms with Crippen molar-refractivity contribution in [3.8, 4) is 5.75 Å². The van der Waals surface area contributed by atoms with Crippen LogP contribution in [0, 0.1) is 5.82 Å². The minimum absolute atomic E-state index is 0.0354. The van der Waals surface area contributed by atoms with E-state index in [2.05, 4.69) is 10.0 Å².